The highest BCUT2D eigenvalue weighted by Crippen LogP contribution is 2.37. The van der Waals surface area contributed by atoms with Crippen LogP contribution in [0, 0.1) is 0 Å². The molecule has 4 rings (SSSR count). The third-order valence-electron chi connectivity index (χ3n) is 5.10. The normalized spacial score (nSPS) is 16.3. The Labute approximate surface area is 191 Å². The van der Waals surface area contributed by atoms with Crippen LogP contribution in [0.1, 0.15) is 24.4 Å². The molecule has 158 valence electrons. The molecule has 0 saturated heterocycles. The number of halogens is 1. The van der Waals surface area contributed by atoms with Gasteiger partial charge in [0, 0.05) is 22.8 Å². The van der Waals surface area contributed by atoms with Gasteiger partial charge >= 0.3 is 0 Å². The predicted octanol–water partition coefficient (Wildman–Crippen LogP) is 5.25. The molecule has 0 radical (unpaired) electrons. The number of nitrogens with zero attached hydrogens (tertiary/aromatic N) is 3. The summed E-state index contributed by atoms with van der Waals surface area (Å²) in [6, 6.07) is 14.9. The topological polar surface area (TPSA) is 63.4 Å². The van der Waals surface area contributed by atoms with Crippen LogP contribution in [0.5, 0.6) is 5.75 Å². The Balaban J connectivity index is 1.81. The van der Waals surface area contributed by atoms with Gasteiger partial charge in [0.05, 0.1) is 18.7 Å². The number of methoxy groups -OCH3 is 1. The van der Waals surface area contributed by atoms with Crippen LogP contribution in [-0.4, -0.2) is 33.8 Å². The van der Waals surface area contributed by atoms with Crippen LogP contribution < -0.4 is 10.1 Å². The molecule has 1 aliphatic heterocycles. The lowest BCUT2D eigenvalue weighted by atomic mass is 9.94. The van der Waals surface area contributed by atoms with Crippen LogP contribution in [0.15, 0.2) is 71.4 Å². The minimum atomic E-state index is -0.257. The van der Waals surface area contributed by atoms with Gasteiger partial charge in [0.25, 0.3) is 5.89 Å². The third kappa shape index (κ3) is 4.19. The van der Waals surface area contributed by atoms with Crippen molar-refractivity contribution in [1.82, 2.24) is 20.4 Å². The van der Waals surface area contributed by atoms with Crippen molar-refractivity contribution >= 4 is 34.5 Å². The fourth-order valence-corrected chi connectivity index (χ4v) is 4.05. The molecule has 0 saturated carbocycles. The Bertz CT molecular complexity index is 1160. The predicted molar refractivity (Wildman–Crippen MR) is 126 cm³/mol. The van der Waals surface area contributed by atoms with E-state index < -0.39 is 0 Å². The molecule has 1 atom stereocenters. The second-order valence-electron chi connectivity index (χ2n) is 6.99. The van der Waals surface area contributed by atoms with Crippen molar-refractivity contribution in [3.63, 3.8) is 0 Å². The molecule has 1 N–H and O–H groups in total. The monoisotopic (exact) mass is 452 g/mol. The van der Waals surface area contributed by atoms with E-state index in [0.717, 1.165) is 28.1 Å². The minimum Gasteiger partial charge on any atom is -0.497 e. The van der Waals surface area contributed by atoms with Crippen LogP contribution in [0.3, 0.4) is 0 Å². The van der Waals surface area contributed by atoms with Crippen LogP contribution in [-0.2, 0) is 0 Å². The highest BCUT2D eigenvalue weighted by atomic mass is 35.5. The first-order valence-corrected chi connectivity index (χ1v) is 10.4. The van der Waals surface area contributed by atoms with E-state index in [1.165, 1.54) is 0 Å². The molecular formula is C23H21ClN4O2S. The van der Waals surface area contributed by atoms with E-state index in [0.29, 0.717) is 28.4 Å². The lowest BCUT2D eigenvalue weighted by molar-refractivity contribution is 0.399. The zero-order valence-electron chi connectivity index (χ0n) is 17.1. The van der Waals surface area contributed by atoms with Gasteiger partial charge in [-0.2, -0.15) is 4.98 Å². The van der Waals surface area contributed by atoms with E-state index in [1.807, 2.05) is 48.2 Å². The van der Waals surface area contributed by atoms with E-state index in [9.17, 15) is 0 Å². The fraction of sp³-hybridized carbons (Fsp3) is 0.174. The molecular weight excluding hydrogens is 432 g/mol. The fourth-order valence-electron chi connectivity index (χ4n) is 3.53. The summed E-state index contributed by atoms with van der Waals surface area (Å²) in [6.07, 6.45) is 1.80. The first kappa shape index (κ1) is 21.1. The first-order valence-electron chi connectivity index (χ1n) is 9.65. The average Bonchev–Trinajstić information content (AvgIpc) is 3.26. The number of allylic oxidation sites excluding steroid dienone is 1. The summed E-state index contributed by atoms with van der Waals surface area (Å²) in [5.74, 6) is 1.66. The molecule has 2 aromatic carbocycles. The number of rotatable bonds is 6. The van der Waals surface area contributed by atoms with Crippen molar-refractivity contribution in [2.24, 2.45) is 0 Å². The summed E-state index contributed by atoms with van der Waals surface area (Å²) < 4.78 is 11.0. The van der Waals surface area contributed by atoms with Crippen molar-refractivity contribution in [1.29, 1.82) is 0 Å². The van der Waals surface area contributed by atoms with E-state index in [2.05, 4.69) is 22.0 Å². The van der Waals surface area contributed by atoms with Crippen molar-refractivity contribution in [2.75, 3.05) is 13.7 Å². The van der Waals surface area contributed by atoms with E-state index in [4.69, 9.17) is 33.1 Å². The second kappa shape index (κ2) is 8.91. The number of nitrogens with one attached hydrogen (secondary N) is 1. The lowest BCUT2D eigenvalue weighted by Gasteiger charge is -2.36. The molecule has 3 aromatic rings. The quantitative estimate of drug-likeness (QED) is 0.405. The Morgan fingerprint density at radius 1 is 1.29 bits per heavy atom. The van der Waals surface area contributed by atoms with Crippen LogP contribution >= 0.6 is 23.8 Å². The zero-order chi connectivity index (χ0) is 22.0. The van der Waals surface area contributed by atoms with Gasteiger partial charge in [-0.15, -0.1) is 6.58 Å². The molecule has 0 bridgehead atoms. The molecule has 0 amide bonds. The van der Waals surface area contributed by atoms with Gasteiger partial charge in [0.1, 0.15) is 5.75 Å². The summed E-state index contributed by atoms with van der Waals surface area (Å²) in [7, 11) is 1.64. The largest absolute Gasteiger partial charge is 0.497 e. The van der Waals surface area contributed by atoms with Gasteiger partial charge < -0.3 is 19.5 Å². The lowest BCUT2D eigenvalue weighted by Crippen LogP contribution is -2.45. The maximum absolute atomic E-state index is 6.13. The second-order valence-corrected chi connectivity index (χ2v) is 7.81. The van der Waals surface area contributed by atoms with Crippen LogP contribution in [0.2, 0.25) is 5.02 Å². The Morgan fingerprint density at radius 3 is 2.74 bits per heavy atom. The summed E-state index contributed by atoms with van der Waals surface area (Å²) >= 11 is 11.7. The zero-order valence-corrected chi connectivity index (χ0v) is 18.7. The highest BCUT2D eigenvalue weighted by Gasteiger charge is 2.33. The smallest absolute Gasteiger partial charge is 0.258 e. The summed E-state index contributed by atoms with van der Waals surface area (Å²) in [6.45, 7) is 6.39. The molecule has 1 aromatic heterocycles. The van der Waals surface area contributed by atoms with E-state index in [1.54, 1.807) is 25.3 Å². The van der Waals surface area contributed by atoms with Crippen molar-refractivity contribution < 1.29 is 9.26 Å². The van der Waals surface area contributed by atoms with Gasteiger partial charge in [-0.3, -0.25) is 0 Å². The summed E-state index contributed by atoms with van der Waals surface area (Å²) in [4.78, 5) is 6.63. The van der Waals surface area contributed by atoms with Crippen molar-refractivity contribution in [2.45, 2.75) is 13.0 Å². The van der Waals surface area contributed by atoms with Crippen LogP contribution in [0.4, 0.5) is 0 Å². The minimum absolute atomic E-state index is 0.257. The maximum atomic E-state index is 6.13. The number of aromatic nitrogens is 2. The number of thiocarbonyl (C=S) groups is 1. The van der Waals surface area contributed by atoms with Crippen molar-refractivity contribution in [3.05, 3.63) is 83.4 Å². The average molecular weight is 453 g/mol. The molecule has 0 fully saturated rings. The molecule has 8 heteroatoms. The SMILES string of the molecule is C=CCN1C(=S)NC(c2ccc(OC)cc2)C(c2nc(-c3cccc(Cl)c3)no2)=C1C. The van der Waals surface area contributed by atoms with Gasteiger partial charge in [-0.05, 0) is 49.0 Å². The molecule has 2 heterocycles. The van der Waals surface area contributed by atoms with E-state index in [-0.39, 0.29) is 6.04 Å². The van der Waals surface area contributed by atoms with Crippen molar-refractivity contribution in [3.8, 4) is 17.1 Å². The molecule has 1 unspecified atom stereocenters. The Morgan fingerprint density at radius 2 is 2.06 bits per heavy atom. The van der Waals surface area contributed by atoms with Gasteiger partial charge in [0.15, 0.2) is 5.11 Å². The molecule has 0 spiro atoms. The summed E-state index contributed by atoms with van der Waals surface area (Å²) in [5, 5.41) is 8.81. The third-order valence-corrected chi connectivity index (χ3v) is 5.67. The highest BCUT2D eigenvalue weighted by molar-refractivity contribution is 7.80. The maximum Gasteiger partial charge on any atom is 0.258 e. The number of ether oxygens (including phenoxy) is 1. The van der Waals surface area contributed by atoms with E-state index >= 15 is 0 Å². The molecule has 0 aliphatic carbocycles. The molecule has 31 heavy (non-hydrogen) atoms. The standard InChI is InChI=1S/C23H21ClN4O2S/c1-4-12-28-14(2)19(20(25-23(28)31)15-8-10-18(29-3)11-9-15)22-26-21(27-30-22)16-6-5-7-17(24)13-16/h4-11,13,20H,1,12H2,2-3H3,(H,25,31). The number of hydrogen-bond acceptors (Lipinski definition) is 5. The molecule has 6 nitrogen and oxygen atoms in total. The van der Waals surface area contributed by atoms with Gasteiger partial charge in [-0.25, -0.2) is 0 Å². The Kier molecular flexibility index (Phi) is 6.06. The van der Waals surface area contributed by atoms with Gasteiger partial charge in [-0.1, -0.05) is 47.1 Å². The van der Waals surface area contributed by atoms with Gasteiger partial charge in [0.2, 0.25) is 5.82 Å². The summed E-state index contributed by atoms with van der Waals surface area (Å²) in [5.41, 5.74) is 3.55. The first-order chi connectivity index (χ1) is 15.0. The Hall–Kier alpha value is -3.16. The van der Waals surface area contributed by atoms with Crippen LogP contribution in [0.25, 0.3) is 17.0 Å². The molecule has 1 aliphatic rings. The number of benzene rings is 2. The number of hydrogen-bond donors (Lipinski definition) is 1.